The van der Waals surface area contributed by atoms with Crippen molar-refractivity contribution in [2.24, 2.45) is 5.92 Å². The number of ether oxygens (including phenoxy) is 1. The van der Waals surface area contributed by atoms with Crippen LogP contribution in [0, 0.1) is 5.92 Å². The van der Waals surface area contributed by atoms with Gasteiger partial charge in [-0.25, -0.2) is 13.1 Å². The van der Waals surface area contributed by atoms with E-state index in [2.05, 4.69) is 4.72 Å². The van der Waals surface area contributed by atoms with Crippen molar-refractivity contribution in [3.63, 3.8) is 0 Å². The third-order valence-corrected chi connectivity index (χ3v) is 3.51. The molecule has 17 heavy (non-hydrogen) atoms. The van der Waals surface area contributed by atoms with E-state index in [1.165, 1.54) is 0 Å². The monoisotopic (exact) mass is 267 g/mol. The highest BCUT2D eigenvalue weighted by Gasteiger charge is 2.24. The number of nitrogens with one attached hydrogen (secondary N) is 1. The fourth-order valence-electron chi connectivity index (χ4n) is 1.60. The zero-order valence-corrected chi connectivity index (χ0v) is 12.0. The average molecular weight is 267 g/mol. The van der Waals surface area contributed by atoms with Crippen LogP contribution in [0.15, 0.2) is 0 Å². The van der Waals surface area contributed by atoms with E-state index in [0.717, 1.165) is 0 Å². The summed E-state index contributed by atoms with van der Waals surface area (Å²) >= 11 is 0. The molecule has 0 fully saturated rings. The Balaban J connectivity index is 4.08. The third kappa shape index (κ3) is 9.52. The topological polar surface area (TPSA) is 75.6 Å². The van der Waals surface area contributed by atoms with Crippen molar-refractivity contribution in [1.29, 1.82) is 0 Å². The molecule has 6 heteroatoms. The van der Waals surface area contributed by atoms with Crippen LogP contribution in [-0.2, 0) is 14.8 Å². The lowest BCUT2D eigenvalue weighted by Gasteiger charge is -2.25. The molecule has 0 saturated heterocycles. The molecule has 1 unspecified atom stereocenters. The Labute approximate surface area is 105 Å². The Morgan fingerprint density at radius 2 is 2.00 bits per heavy atom. The second kappa shape index (κ2) is 7.31. The largest absolute Gasteiger partial charge is 0.389 e. The lowest BCUT2D eigenvalue weighted by atomic mass is 9.95. The molecule has 0 bridgehead atoms. The average Bonchev–Trinajstić information content (AvgIpc) is 2.14. The van der Waals surface area contributed by atoms with Crippen LogP contribution in [0.4, 0.5) is 0 Å². The van der Waals surface area contributed by atoms with E-state index >= 15 is 0 Å². The molecule has 0 aromatic heterocycles. The second-order valence-corrected chi connectivity index (χ2v) is 6.86. The van der Waals surface area contributed by atoms with Gasteiger partial charge in [0.2, 0.25) is 10.0 Å². The zero-order chi connectivity index (χ0) is 13.5. The van der Waals surface area contributed by atoms with Gasteiger partial charge in [-0.2, -0.15) is 0 Å². The minimum Gasteiger partial charge on any atom is -0.389 e. The number of rotatable bonds is 9. The van der Waals surface area contributed by atoms with Gasteiger partial charge in [0.15, 0.2) is 0 Å². The van der Waals surface area contributed by atoms with Crippen LogP contribution < -0.4 is 4.72 Å². The maximum absolute atomic E-state index is 11.5. The SMILES string of the molecule is CCOCCS(=O)(=O)NCC(C)(O)CC(C)C. The zero-order valence-electron chi connectivity index (χ0n) is 11.2. The summed E-state index contributed by atoms with van der Waals surface area (Å²) in [5.41, 5.74) is -1.01. The van der Waals surface area contributed by atoms with E-state index in [0.29, 0.717) is 18.9 Å². The van der Waals surface area contributed by atoms with Crippen LogP contribution in [0.5, 0.6) is 0 Å². The molecule has 1 atom stereocenters. The molecule has 0 aromatic rings. The van der Waals surface area contributed by atoms with Crippen LogP contribution in [-0.4, -0.2) is 44.6 Å². The first-order valence-electron chi connectivity index (χ1n) is 5.96. The van der Waals surface area contributed by atoms with Crippen LogP contribution in [0.3, 0.4) is 0 Å². The summed E-state index contributed by atoms with van der Waals surface area (Å²) in [5, 5.41) is 9.96. The summed E-state index contributed by atoms with van der Waals surface area (Å²) < 4.78 is 30.5. The fraction of sp³-hybridized carbons (Fsp3) is 1.00. The molecule has 5 nitrogen and oxygen atoms in total. The van der Waals surface area contributed by atoms with E-state index < -0.39 is 15.6 Å². The molecule has 104 valence electrons. The van der Waals surface area contributed by atoms with Crippen molar-refractivity contribution < 1.29 is 18.3 Å². The van der Waals surface area contributed by atoms with E-state index in [4.69, 9.17) is 4.74 Å². The lowest BCUT2D eigenvalue weighted by molar-refractivity contribution is 0.0436. The van der Waals surface area contributed by atoms with Gasteiger partial charge in [-0.15, -0.1) is 0 Å². The smallest absolute Gasteiger partial charge is 0.213 e. The van der Waals surface area contributed by atoms with Gasteiger partial charge in [0.1, 0.15) is 0 Å². The van der Waals surface area contributed by atoms with Crippen molar-refractivity contribution in [2.75, 3.05) is 25.5 Å². The number of hydrogen-bond acceptors (Lipinski definition) is 4. The molecule has 0 heterocycles. The van der Waals surface area contributed by atoms with E-state index in [-0.39, 0.29) is 18.9 Å². The van der Waals surface area contributed by atoms with Gasteiger partial charge in [0, 0.05) is 13.2 Å². The van der Waals surface area contributed by atoms with Gasteiger partial charge in [-0.1, -0.05) is 13.8 Å². The first kappa shape index (κ1) is 16.8. The maximum Gasteiger partial charge on any atom is 0.213 e. The van der Waals surface area contributed by atoms with Gasteiger partial charge in [-0.05, 0) is 26.2 Å². The minimum atomic E-state index is -3.36. The van der Waals surface area contributed by atoms with Gasteiger partial charge < -0.3 is 9.84 Å². The van der Waals surface area contributed by atoms with Gasteiger partial charge in [0.05, 0.1) is 18.0 Å². The maximum atomic E-state index is 11.5. The first-order valence-corrected chi connectivity index (χ1v) is 7.61. The van der Waals surface area contributed by atoms with E-state index in [1.807, 2.05) is 20.8 Å². The summed E-state index contributed by atoms with van der Waals surface area (Å²) in [6.45, 7) is 8.14. The highest BCUT2D eigenvalue weighted by atomic mass is 32.2. The Bertz CT molecular complexity index is 299. The molecule has 0 spiro atoms. The van der Waals surface area contributed by atoms with Crippen molar-refractivity contribution in [3.8, 4) is 0 Å². The van der Waals surface area contributed by atoms with Gasteiger partial charge in [-0.3, -0.25) is 0 Å². The van der Waals surface area contributed by atoms with Gasteiger partial charge >= 0.3 is 0 Å². The summed E-state index contributed by atoms with van der Waals surface area (Å²) in [6, 6.07) is 0. The molecular formula is C11H25NO4S. The minimum absolute atomic E-state index is 0.0413. The molecule has 0 aliphatic rings. The van der Waals surface area contributed by atoms with Crippen molar-refractivity contribution >= 4 is 10.0 Å². The molecular weight excluding hydrogens is 242 g/mol. The van der Waals surface area contributed by atoms with Crippen LogP contribution >= 0.6 is 0 Å². The molecule has 0 saturated carbocycles. The third-order valence-electron chi connectivity index (χ3n) is 2.22. The van der Waals surface area contributed by atoms with Crippen molar-refractivity contribution in [2.45, 2.75) is 39.7 Å². The predicted molar refractivity (Wildman–Crippen MR) is 68.4 cm³/mol. The molecule has 0 aliphatic carbocycles. The number of aliphatic hydroxyl groups is 1. The summed E-state index contributed by atoms with van der Waals surface area (Å²) in [5.74, 6) is 0.247. The molecule has 0 aliphatic heterocycles. The molecule has 0 aromatic carbocycles. The molecule has 0 radical (unpaired) electrons. The van der Waals surface area contributed by atoms with Crippen LogP contribution in [0.25, 0.3) is 0 Å². The Hall–Kier alpha value is -0.170. The molecule has 0 rings (SSSR count). The normalized spacial score (nSPS) is 16.1. The Kier molecular flexibility index (Phi) is 7.23. The lowest BCUT2D eigenvalue weighted by Crippen LogP contribution is -2.42. The summed E-state index contributed by atoms with van der Waals surface area (Å²) in [7, 11) is -3.36. The van der Waals surface area contributed by atoms with Crippen LogP contribution in [0.2, 0.25) is 0 Å². The standard InChI is InChI=1S/C11H25NO4S/c1-5-16-6-7-17(14,15)12-9-11(4,13)8-10(2)3/h10,12-13H,5-9H2,1-4H3. The highest BCUT2D eigenvalue weighted by molar-refractivity contribution is 7.89. The number of sulfonamides is 1. The van der Waals surface area contributed by atoms with E-state index in [9.17, 15) is 13.5 Å². The van der Waals surface area contributed by atoms with Crippen molar-refractivity contribution in [3.05, 3.63) is 0 Å². The number of hydrogen-bond donors (Lipinski definition) is 2. The fourth-order valence-corrected chi connectivity index (χ4v) is 2.61. The van der Waals surface area contributed by atoms with Gasteiger partial charge in [0.25, 0.3) is 0 Å². The predicted octanol–water partition coefficient (Wildman–Crippen LogP) is 0.739. The Morgan fingerprint density at radius 3 is 2.47 bits per heavy atom. The van der Waals surface area contributed by atoms with Crippen molar-refractivity contribution in [1.82, 2.24) is 4.72 Å². The van der Waals surface area contributed by atoms with Crippen LogP contribution in [0.1, 0.15) is 34.1 Å². The van der Waals surface area contributed by atoms with E-state index in [1.54, 1.807) is 6.92 Å². The summed E-state index contributed by atoms with van der Waals surface area (Å²) in [6.07, 6.45) is 0.557. The molecule has 2 N–H and O–H groups in total. The molecule has 0 amide bonds. The summed E-state index contributed by atoms with van der Waals surface area (Å²) in [4.78, 5) is 0. The quantitative estimate of drug-likeness (QED) is 0.604. The highest BCUT2D eigenvalue weighted by Crippen LogP contribution is 2.15. The second-order valence-electron chi connectivity index (χ2n) is 4.93. The Morgan fingerprint density at radius 1 is 1.41 bits per heavy atom. The first-order chi connectivity index (χ1) is 7.68.